The fourth-order valence-electron chi connectivity index (χ4n) is 5.07. The van der Waals surface area contributed by atoms with E-state index >= 15 is 0 Å². The van der Waals surface area contributed by atoms with E-state index in [-0.39, 0.29) is 0 Å². The molecular weight excluding hydrogens is 378 g/mol. The van der Waals surface area contributed by atoms with E-state index in [0.717, 1.165) is 11.1 Å². The molecule has 31 heavy (non-hydrogen) atoms. The largest absolute Gasteiger partial charge is 0.287 e. The summed E-state index contributed by atoms with van der Waals surface area (Å²) < 4.78 is 2.14. The Bertz CT molecular complexity index is 1270. The van der Waals surface area contributed by atoms with E-state index in [9.17, 15) is 0 Å². The highest BCUT2D eigenvalue weighted by Gasteiger charge is 2.20. The second kappa shape index (κ2) is 7.88. The van der Waals surface area contributed by atoms with Crippen LogP contribution in [0.15, 0.2) is 55.0 Å². The Hall–Kier alpha value is -3.07. The maximum absolute atomic E-state index is 4.80. The minimum absolute atomic E-state index is 0.649. The summed E-state index contributed by atoms with van der Waals surface area (Å²) in [5.41, 5.74) is 11.0. The molecule has 0 atom stereocenters. The maximum Gasteiger partial charge on any atom is 0.287 e. The SMILES string of the molecule is Cc1cc(C)c(C)c(-c2c3ccc(-c4ccc(C5CCCC5)nc4)cc3nc[n+]2C)c1. The van der Waals surface area contributed by atoms with Gasteiger partial charge < -0.3 is 0 Å². The minimum Gasteiger partial charge on any atom is -0.260 e. The molecule has 0 spiro atoms. The van der Waals surface area contributed by atoms with Crippen molar-refractivity contribution < 1.29 is 4.57 Å². The Labute approximate surface area is 184 Å². The summed E-state index contributed by atoms with van der Waals surface area (Å²) in [6.07, 6.45) is 9.20. The third-order valence-corrected chi connectivity index (χ3v) is 6.94. The topological polar surface area (TPSA) is 29.7 Å². The van der Waals surface area contributed by atoms with Crippen LogP contribution >= 0.6 is 0 Å². The molecule has 1 saturated carbocycles. The zero-order valence-corrected chi connectivity index (χ0v) is 18.9. The summed E-state index contributed by atoms with van der Waals surface area (Å²) in [5, 5.41) is 1.18. The molecule has 2 heterocycles. The normalized spacial score (nSPS) is 14.5. The summed E-state index contributed by atoms with van der Waals surface area (Å²) in [6.45, 7) is 6.57. The number of rotatable bonds is 3. The minimum atomic E-state index is 0.649. The van der Waals surface area contributed by atoms with Gasteiger partial charge in [-0.1, -0.05) is 36.6 Å². The lowest BCUT2D eigenvalue weighted by atomic mass is 9.94. The molecule has 2 aromatic carbocycles. The summed E-state index contributed by atoms with van der Waals surface area (Å²) in [6, 6.07) is 15.6. The van der Waals surface area contributed by atoms with Gasteiger partial charge in [-0.05, 0) is 79.6 Å². The first kappa shape index (κ1) is 19.9. The quantitative estimate of drug-likeness (QED) is 0.369. The van der Waals surface area contributed by atoms with Crippen LogP contribution in [0.4, 0.5) is 0 Å². The van der Waals surface area contributed by atoms with Crippen LogP contribution in [0.5, 0.6) is 0 Å². The van der Waals surface area contributed by atoms with Crippen LogP contribution in [0.25, 0.3) is 33.3 Å². The Morgan fingerprint density at radius 2 is 1.65 bits per heavy atom. The first-order chi connectivity index (χ1) is 15.0. The van der Waals surface area contributed by atoms with Gasteiger partial charge in [-0.2, -0.15) is 0 Å². The van der Waals surface area contributed by atoms with E-state index in [2.05, 4.69) is 74.9 Å². The lowest BCUT2D eigenvalue weighted by Crippen LogP contribution is -2.32. The average Bonchev–Trinajstić information content (AvgIpc) is 3.31. The second-order valence-corrected chi connectivity index (χ2v) is 9.14. The smallest absolute Gasteiger partial charge is 0.260 e. The van der Waals surface area contributed by atoms with Gasteiger partial charge >= 0.3 is 0 Å². The molecule has 1 aliphatic carbocycles. The fraction of sp³-hybridized carbons (Fsp3) is 0.321. The van der Waals surface area contributed by atoms with Gasteiger partial charge in [0.15, 0.2) is 5.52 Å². The van der Waals surface area contributed by atoms with Gasteiger partial charge in [0.2, 0.25) is 0 Å². The number of pyridine rings is 1. The van der Waals surface area contributed by atoms with E-state index in [0.29, 0.717) is 5.92 Å². The summed E-state index contributed by atoms with van der Waals surface area (Å²) >= 11 is 0. The predicted octanol–water partition coefficient (Wildman–Crippen LogP) is 6.37. The maximum atomic E-state index is 4.80. The van der Waals surface area contributed by atoms with E-state index < -0.39 is 0 Å². The van der Waals surface area contributed by atoms with E-state index in [1.54, 1.807) is 0 Å². The molecule has 0 unspecified atom stereocenters. The van der Waals surface area contributed by atoms with Gasteiger partial charge in [0.05, 0.1) is 12.4 Å². The molecule has 0 aliphatic heterocycles. The summed E-state index contributed by atoms with van der Waals surface area (Å²) in [4.78, 5) is 9.55. The fourth-order valence-corrected chi connectivity index (χ4v) is 5.07. The number of benzene rings is 2. The molecule has 5 rings (SSSR count). The molecule has 0 N–H and O–H groups in total. The molecule has 0 bridgehead atoms. The summed E-state index contributed by atoms with van der Waals surface area (Å²) in [5.74, 6) is 0.649. The molecule has 0 saturated heterocycles. The molecule has 4 aromatic rings. The van der Waals surface area contributed by atoms with Crippen molar-refractivity contribution >= 4 is 10.9 Å². The highest BCUT2D eigenvalue weighted by molar-refractivity contribution is 5.94. The van der Waals surface area contributed by atoms with Gasteiger partial charge in [0, 0.05) is 28.9 Å². The first-order valence-corrected chi connectivity index (χ1v) is 11.3. The Balaban J connectivity index is 1.58. The lowest BCUT2D eigenvalue weighted by molar-refractivity contribution is -0.662. The van der Waals surface area contributed by atoms with E-state index in [1.165, 1.54) is 70.3 Å². The predicted molar refractivity (Wildman–Crippen MR) is 127 cm³/mol. The van der Waals surface area contributed by atoms with Crippen LogP contribution < -0.4 is 4.57 Å². The van der Waals surface area contributed by atoms with Gasteiger partial charge in [0.1, 0.15) is 5.69 Å². The van der Waals surface area contributed by atoms with Crippen molar-refractivity contribution in [1.29, 1.82) is 0 Å². The van der Waals surface area contributed by atoms with Crippen molar-refractivity contribution in [2.75, 3.05) is 0 Å². The van der Waals surface area contributed by atoms with Crippen LogP contribution in [0.3, 0.4) is 0 Å². The molecule has 3 nitrogen and oxygen atoms in total. The molecular formula is C28H30N3+. The van der Waals surface area contributed by atoms with Gasteiger partial charge in [0.25, 0.3) is 6.33 Å². The van der Waals surface area contributed by atoms with Crippen LogP contribution in [-0.2, 0) is 7.05 Å². The average molecular weight is 409 g/mol. The Kier molecular flexibility index (Phi) is 5.05. The standard InChI is InChI=1S/C28H30N3/c1-18-13-19(2)20(3)25(14-18)28-24-11-9-22(15-27(24)30-17-31(28)4)23-10-12-26(29-16-23)21-7-5-6-8-21/h9-17,21H,5-8H2,1-4H3/q+1. The van der Waals surface area contributed by atoms with Crippen molar-refractivity contribution in [2.24, 2.45) is 7.05 Å². The monoisotopic (exact) mass is 408 g/mol. The van der Waals surface area contributed by atoms with Gasteiger partial charge in [-0.3, -0.25) is 4.98 Å². The lowest BCUT2D eigenvalue weighted by Gasteiger charge is -2.13. The Morgan fingerprint density at radius 3 is 2.39 bits per heavy atom. The van der Waals surface area contributed by atoms with E-state index in [4.69, 9.17) is 9.97 Å². The molecule has 3 heteroatoms. The Morgan fingerprint density at radius 1 is 0.871 bits per heavy atom. The van der Waals surface area contributed by atoms with Crippen molar-refractivity contribution in [1.82, 2.24) is 9.97 Å². The molecule has 0 radical (unpaired) electrons. The molecule has 156 valence electrons. The molecule has 1 aliphatic rings. The van der Waals surface area contributed by atoms with Crippen LogP contribution in [0, 0.1) is 20.8 Å². The van der Waals surface area contributed by atoms with Crippen molar-refractivity contribution in [3.63, 3.8) is 0 Å². The van der Waals surface area contributed by atoms with Gasteiger partial charge in [-0.25, -0.2) is 4.57 Å². The first-order valence-electron chi connectivity index (χ1n) is 11.3. The number of hydrogen-bond acceptors (Lipinski definition) is 2. The van der Waals surface area contributed by atoms with Crippen molar-refractivity contribution in [2.45, 2.75) is 52.4 Å². The number of aryl methyl sites for hydroxylation is 3. The highest BCUT2D eigenvalue weighted by atomic mass is 15.0. The van der Waals surface area contributed by atoms with Crippen molar-refractivity contribution in [3.8, 4) is 22.4 Å². The van der Waals surface area contributed by atoms with E-state index in [1.807, 2.05) is 12.5 Å². The summed E-state index contributed by atoms with van der Waals surface area (Å²) in [7, 11) is 2.08. The number of hydrogen-bond donors (Lipinski definition) is 0. The molecule has 0 amide bonds. The van der Waals surface area contributed by atoms with Crippen LogP contribution in [-0.4, -0.2) is 9.97 Å². The second-order valence-electron chi connectivity index (χ2n) is 9.14. The third kappa shape index (κ3) is 3.63. The third-order valence-electron chi connectivity index (χ3n) is 6.94. The van der Waals surface area contributed by atoms with Gasteiger partial charge in [-0.15, -0.1) is 0 Å². The zero-order valence-electron chi connectivity index (χ0n) is 18.9. The number of fused-ring (bicyclic) bond motifs is 1. The molecule has 2 aromatic heterocycles. The highest BCUT2D eigenvalue weighted by Crippen LogP contribution is 2.34. The van der Waals surface area contributed by atoms with Crippen LogP contribution in [0.2, 0.25) is 0 Å². The van der Waals surface area contributed by atoms with Crippen LogP contribution in [0.1, 0.15) is 54.0 Å². The zero-order chi connectivity index (χ0) is 21.5. The molecule has 1 fully saturated rings. The number of nitrogens with zero attached hydrogens (tertiary/aromatic N) is 3. The van der Waals surface area contributed by atoms with Crippen molar-refractivity contribution in [3.05, 3.63) is 77.4 Å². The number of aromatic nitrogens is 3.